The minimum Gasteiger partial charge on any atom is -0.358 e. The number of hydrogen-bond acceptors (Lipinski definition) is 0. The first-order valence-corrected chi connectivity index (χ1v) is 7.60. The number of hydrogen-bond donors (Lipinski definition) is 0. The van der Waals surface area contributed by atoms with Gasteiger partial charge in [0.25, 0.3) is 0 Å². The maximum Gasteiger partial charge on any atom is 3.00 e. The number of rotatable bonds is 0. The summed E-state index contributed by atoms with van der Waals surface area (Å²) in [6.45, 7) is 0. The van der Waals surface area contributed by atoms with Gasteiger partial charge in [-0.25, -0.2) is 0 Å². The Kier molecular flexibility index (Phi) is 6.40. The van der Waals surface area contributed by atoms with E-state index in [1.807, 2.05) is 6.07 Å². The van der Waals surface area contributed by atoms with Gasteiger partial charge < -0.3 is 7.43 Å². The monoisotopic (exact) mass is 385 g/mol. The Morgan fingerprint density at radius 2 is 1.54 bits per heavy atom. The second-order valence-electron chi connectivity index (χ2n) is 5.55. The fourth-order valence-electron chi connectivity index (χ4n) is 3.07. The summed E-state index contributed by atoms with van der Waals surface area (Å²) in [4.78, 5) is 0. The van der Waals surface area contributed by atoms with Gasteiger partial charge in [0.15, 0.2) is 0 Å². The molecule has 0 atom stereocenters. The van der Waals surface area contributed by atoms with Crippen molar-refractivity contribution in [1.29, 1.82) is 0 Å². The van der Waals surface area contributed by atoms with Gasteiger partial charge >= 0.3 is 26.2 Å². The Balaban J connectivity index is 0.000000169. The van der Waals surface area contributed by atoms with Crippen molar-refractivity contribution in [2.45, 2.75) is 6.42 Å². The zero-order valence-corrected chi connectivity index (χ0v) is 16.2. The summed E-state index contributed by atoms with van der Waals surface area (Å²) in [6.07, 6.45) is 1.05. The molecule has 1 radical (unpaired) electrons. The molecule has 0 saturated heterocycles. The van der Waals surface area contributed by atoms with Gasteiger partial charge in [-0.05, 0) is 6.42 Å². The third-order valence-electron chi connectivity index (χ3n) is 4.16. The first kappa shape index (κ1) is 18.5. The van der Waals surface area contributed by atoms with E-state index in [0.29, 0.717) is 0 Å². The smallest absolute Gasteiger partial charge is 0.358 e. The van der Waals surface area contributed by atoms with Gasteiger partial charge in [0.05, 0.1) is 0 Å². The molecule has 5 rings (SSSR count). The molecule has 24 heavy (non-hydrogen) atoms. The maximum absolute atomic E-state index is 3.30. The Morgan fingerprint density at radius 3 is 2.42 bits per heavy atom. The van der Waals surface area contributed by atoms with Gasteiger partial charge in [0.2, 0.25) is 0 Å². The number of benzene rings is 3. The molecule has 0 N–H and O–H groups in total. The third-order valence-corrected chi connectivity index (χ3v) is 4.16. The third kappa shape index (κ3) is 3.63. The fourth-order valence-corrected chi connectivity index (χ4v) is 3.07. The Bertz CT molecular complexity index is 844. The molecular formula is C23H19Zr. The summed E-state index contributed by atoms with van der Waals surface area (Å²) in [5.41, 5.74) is 5.51. The standard InChI is InChI=1S/C13H9.C9H7.CH3.Zr/c1-3-7-12-10(5-1)9-11-6-2-4-8-13(11)12;1-2-5-9-7-3-6-8(9)4-1;;/h1-5,7-8H,9H2;1-7H;1H3;/q3*-1;+3. The molecule has 0 spiro atoms. The van der Waals surface area contributed by atoms with Gasteiger partial charge in [-0.2, -0.15) is 47.3 Å². The van der Waals surface area contributed by atoms with Crippen molar-refractivity contribution in [3.05, 3.63) is 110 Å². The summed E-state index contributed by atoms with van der Waals surface area (Å²) in [6, 6.07) is 32.8. The van der Waals surface area contributed by atoms with Crippen molar-refractivity contribution in [2.24, 2.45) is 0 Å². The minimum atomic E-state index is 0. The van der Waals surface area contributed by atoms with E-state index in [9.17, 15) is 0 Å². The van der Waals surface area contributed by atoms with Crippen LogP contribution in [0, 0.1) is 13.5 Å². The van der Waals surface area contributed by atoms with Crippen LogP contribution < -0.4 is 0 Å². The van der Waals surface area contributed by atoms with Crippen LogP contribution in [-0.4, -0.2) is 0 Å². The van der Waals surface area contributed by atoms with Gasteiger partial charge in [-0.15, -0.1) is 35.2 Å². The molecule has 0 bridgehead atoms. The van der Waals surface area contributed by atoms with Gasteiger partial charge in [-0.3, -0.25) is 0 Å². The van der Waals surface area contributed by atoms with Crippen LogP contribution in [0.1, 0.15) is 11.1 Å². The zero-order valence-electron chi connectivity index (χ0n) is 13.8. The molecule has 115 valence electrons. The predicted molar refractivity (Wildman–Crippen MR) is 99.5 cm³/mol. The molecule has 0 saturated carbocycles. The predicted octanol–water partition coefficient (Wildman–Crippen LogP) is 6.06. The van der Waals surface area contributed by atoms with Crippen LogP contribution >= 0.6 is 0 Å². The molecule has 0 nitrogen and oxygen atoms in total. The molecule has 1 aliphatic rings. The molecule has 4 aromatic rings. The average Bonchev–Trinajstić information content (AvgIpc) is 3.19. The Morgan fingerprint density at radius 1 is 0.792 bits per heavy atom. The van der Waals surface area contributed by atoms with Crippen LogP contribution in [0.5, 0.6) is 0 Å². The topological polar surface area (TPSA) is 0 Å². The Hall–Kier alpha value is -1.85. The van der Waals surface area contributed by atoms with Crippen molar-refractivity contribution in [3.8, 4) is 11.1 Å². The van der Waals surface area contributed by atoms with E-state index in [1.54, 1.807) is 0 Å². The average molecular weight is 387 g/mol. The summed E-state index contributed by atoms with van der Waals surface area (Å²) < 4.78 is 0. The second-order valence-corrected chi connectivity index (χ2v) is 5.55. The molecule has 1 heteroatoms. The van der Waals surface area contributed by atoms with E-state index in [1.165, 1.54) is 33.0 Å². The summed E-state index contributed by atoms with van der Waals surface area (Å²) in [5, 5.41) is 2.66. The minimum absolute atomic E-state index is 0. The molecule has 0 heterocycles. The van der Waals surface area contributed by atoms with Crippen LogP contribution in [0.25, 0.3) is 21.9 Å². The zero-order chi connectivity index (χ0) is 14.8. The molecule has 0 aliphatic heterocycles. The second kappa shape index (κ2) is 8.31. The van der Waals surface area contributed by atoms with Gasteiger partial charge in [0, 0.05) is 0 Å². The molecular weight excluding hydrogens is 367 g/mol. The fraction of sp³-hybridized carbons (Fsp3) is 0.0435. The van der Waals surface area contributed by atoms with Gasteiger partial charge in [-0.1, -0.05) is 41.5 Å². The van der Waals surface area contributed by atoms with Crippen molar-refractivity contribution >= 4 is 10.8 Å². The quantitative estimate of drug-likeness (QED) is 0.284. The van der Waals surface area contributed by atoms with Crippen molar-refractivity contribution in [1.82, 2.24) is 0 Å². The van der Waals surface area contributed by atoms with E-state index >= 15 is 0 Å². The van der Waals surface area contributed by atoms with E-state index in [4.69, 9.17) is 0 Å². The van der Waals surface area contributed by atoms with Crippen LogP contribution in [0.15, 0.2) is 84.9 Å². The van der Waals surface area contributed by atoms with Crippen molar-refractivity contribution < 1.29 is 26.2 Å². The number of fused-ring (bicyclic) bond motifs is 4. The molecule has 0 unspecified atom stereocenters. The molecule has 0 fully saturated rings. The van der Waals surface area contributed by atoms with Crippen LogP contribution in [0.3, 0.4) is 0 Å². The first-order chi connectivity index (χ1) is 10.9. The molecule has 0 aromatic heterocycles. The normalized spacial score (nSPS) is 10.5. The van der Waals surface area contributed by atoms with Crippen molar-refractivity contribution in [2.75, 3.05) is 0 Å². The molecule has 0 amide bonds. The SMILES string of the molecule is [CH3-].[Zr+3].[c-]1cccc2c1Cc1ccccc1-2.c1ccc2[cH-]ccc2c1. The van der Waals surface area contributed by atoms with E-state index in [0.717, 1.165) is 6.42 Å². The van der Waals surface area contributed by atoms with Crippen molar-refractivity contribution in [3.63, 3.8) is 0 Å². The summed E-state index contributed by atoms with van der Waals surface area (Å²) in [7, 11) is 0. The molecule has 1 aliphatic carbocycles. The van der Waals surface area contributed by atoms with E-state index in [2.05, 4.69) is 84.9 Å². The first-order valence-electron chi connectivity index (χ1n) is 7.60. The summed E-state index contributed by atoms with van der Waals surface area (Å²) >= 11 is 0. The summed E-state index contributed by atoms with van der Waals surface area (Å²) in [5.74, 6) is 0. The van der Waals surface area contributed by atoms with Gasteiger partial charge in [0.1, 0.15) is 0 Å². The van der Waals surface area contributed by atoms with Crippen LogP contribution in [0.2, 0.25) is 0 Å². The van der Waals surface area contributed by atoms with Crippen LogP contribution in [-0.2, 0) is 32.6 Å². The van der Waals surface area contributed by atoms with Crippen LogP contribution in [0.4, 0.5) is 0 Å². The van der Waals surface area contributed by atoms with E-state index in [-0.39, 0.29) is 33.6 Å². The Labute approximate surface area is 163 Å². The van der Waals surface area contributed by atoms with E-state index < -0.39 is 0 Å². The molecule has 4 aromatic carbocycles. The maximum atomic E-state index is 3.30. The largest absolute Gasteiger partial charge is 3.00 e.